The molecule has 3 rings (SSSR count). The normalized spacial score (nSPS) is 24.0. The van der Waals surface area contributed by atoms with E-state index in [0.29, 0.717) is 18.3 Å². The molecule has 6 heteroatoms. The summed E-state index contributed by atoms with van der Waals surface area (Å²) < 4.78 is 10.7. The average Bonchev–Trinajstić information content (AvgIpc) is 2.98. The first-order valence-electron chi connectivity index (χ1n) is 7.66. The number of hydrogen-bond donors (Lipinski definition) is 2. The third-order valence-electron chi connectivity index (χ3n) is 4.42. The maximum absolute atomic E-state index is 12.6. The molecule has 120 valence electrons. The number of amides is 1. The lowest BCUT2D eigenvalue weighted by Gasteiger charge is -2.31. The minimum absolute atomic E-state index is 0.128. The molecule has 2 atom stereocenters. The summed E-state index contributed by atoms with van der Waals surface area (Å²) in [6, 6.07) is 4.20. The van der Waals surface area contributed by atoms with Crippen molar-refractivity contribution < 1.29 is 14.3 Å². The van der Waals surface area contributed by atoms with Gasteiger partial charge >= 0.3 is 0 Å². The first-order valence-corrected chi connectivity index (χ1v) is 7.66. The van der Waals surface area contributed by atoms with Crippen molar-refractivity contribution in [2.75, 3.05) is 20.8 Å². The van der Waals surface area contributed by atoms with Gasteiger partial charge in [0.1, 0.15) is 6.04 Å². The van der Waals surface area contributed by atoms with E-state index in [-0.39, 0.29) is 11.9 Å². The Labute approximate surface area is 130 Å². The fraction of sp³-hybridized carbons (Fsp3) is 0.562. The van der Waals surface area contributed by atoms with Gasteiger partial charge in [-0.25, -0.2) is 5.43 Å². The summed E-state index contributed by atoms with van der Waals surface area (Å²) in [5.74, 6) is 1.62. The monoisotopic (exact) mass is 305 g/mol. The lowest BCUT2D eigenvalue weighted by molar-refractivity contribution is -0.134. The Morgan fingerprint density at radius 1 is 1.18 bits per heavy atom. The highest BCUT2D eigenvalue weighted by atomic mass is 16.5. The third-order valence-corrected chi connectivity index (χ3v) is 4.42. The van der Waals surface area contributed by atoms with Crippen molar-refractivity contribution in [2.45, 2.75) is 38.4 Å². The fourth-order valence-corrected chi connectivity index (χ4v) is 3.17. The summed E-state index contributed by atoms with van der Waals surface area (Å²) in [6.07, 6.45) is 1.67. The number of methoxy groups -OCH3 is 2. The molecule has 1 aromatic carbocycles. The summed E-state index contributed by atoms with van der Waals surface area (Å²) >= 11 is 0. The third kappa shape index (κ3) is 2.76. The fourth-order valence-electron chi connectivity index (χ4n) is 3.17. The van der Waals surface area contributed by atoms with Crippen LogP contribution >= 0.6 is 0 Å². The van der Waals surface area contributed by atoms with Crippen LogP contribution in [0.2, 0.25) is 0 Å². The highest BCUT2D eigenvalue weighted by molar-refractivity contribution is 5.82. The Morgan fingerprint density at radius 2 is 1.86 bits per heavy atom. The molecule has 0 spiro atoms. The van der Waals surface area contributed by atoms with E-state index in [1.165, 1.54) is 5.56 Å². The molecule has 22 heavy (non-hydrogen) atoms. The Hall–Kier alpha value is -1.79. The zero-order chi connectivity index (χ0) is 15.7. The summed E-state index contributed by atoms with van der Waals surface area (Å²) in [5.41, 5.74) is 8.55. The predicted molar refractivity (Wildman–Crippen MR) is 82.8 cm³/mol. The van der Waals surface area contributed by atoms with Crippen LogP contribution in [0.5, 0.6) is 11.5 Å². The van der Waals surface area contributed by atoms with Gasteiger partial charge in [-0.2, -0.15) is 0 Å². The largest absolute Gasteiger partial charge is 0.493 e. The molecule has 6 nitrogen and oxygen atoms in total. The first-order chi connectivity index (χ1) is 10.6. The molecule has 0 radical (unpaired) electrons. The van der Waals surface area contributed by atoms with Crippen LogP contribution in [-0.2, 0) is 17.8 Å². The molecule has 2 aliphatic heterocycles. The van der Waals surface area contributed by atoms with Gasteiger partial charge in [-0.15, -0.1) is 0 Å². The van der Waals surface area contributed by atoms with Crippen molar-refractivity contribution in [1.82, 2.24) is 15.8 Å². The Kier molecular flexibility index (Phi) is 4.22. The van der Waals surface area contributed by atoms with E-state index in [4.69, 9.17) is 9.47 Å². The maximum Gasteiger partial charge on any atom is 0.241 e. The number of carbonyl (C=O) groups is 1. The summed E-state index contributed by atoms with van der Waals surface area (Å²) in [6.45, 7) is 3.44. The lowest BCUT2D eigenvalue weighted by Crippen LogP contribution is -2.47. The molecular formula is C16H23N3O3. The Bertz CT molecular complexity index is 576. The van der Waals surface area contributed by atoms with Gasteiger partial charge in [0.15, 0.2) is 11.5 Å². The smallest absolute Gasteiger partial charge is 0.241 e. The van der Waals surface area contributed by atoms with Gasteiger partial charge in [-0.3, -0.25) is 10.2 Å². The summed E-state index contributed by atoms with van der Waals surface area (Å²) in [5, 5.41) is 0. The molecule has 0 saturated carbocycles. The van der Waals surface area contributed by atoms with Crippen LogP contribution in [0.3, 0.4) is 0 Å². The lowest BCUT2D eigenvalue weighted by atomic mass is 9.98. The standard InChI is InChI=1S/C16H23N3O3/c1-10-6-13(18-17-10)16(20)19-5-4-11-7-14(21-2)15(22-3)8-12(11)9-19/h7-8,10,13,17-18H,4-6,9H2,1-3H3. The van der Waals surface area contributed by atoms with Gasteiger partial charge in [0.2, 0.25) is 5.91 Å². The van der Waals surface area contributed by atoms with Crippen molar-refractivity contribution >= 4 is 5.91 Å². The molecule has 0 aliphatic carbocycles. The van der Waals surface area contributed by atoms with E-state index >= 15 is 0 Å². The van der Waals surface area contributed by atoms with Crippen LogP contribution in [0.15, 0.2) is 12.1 Å². The van der Waals surface area contributed by atoms with E-state index in [2.05, 4.69) is 17.8 Å². The van der Waals surface area contributed by atoms with Crippen molar-refractivity contribution in [3.8, 4) is 11.5 Å². The zero-order valence-corrected chi connectivity index (χ0v) is 13.3. The number of carbonyl (C=O) groups excluding carboxylic acids is 1. The molecule has 1 amide bonds. The van der Waals surface area contributed by atoms with Gasteiger partial charge in [0, 0.05) is 19.1 Å². The van der Waals surface area contributed by atoms with Gasteiger partial charge in [-0.05, 0) is 43.0 Å². The van der Waals surface area contributed by atoms with Crippen LogP contribution in [0.25, 0.3) is 0 Å². The van der Waals surface area contributed by atoms with Crippen LogP contribution < -0.4 is 20.3 Å². The molecule has 2 unspecified atom stereocenters. The molecule has 1 aromatic rings. The number of fused-ring (bicyclic) bond motifs is 1. The maximum atomic E-state index is 12.6. The SMILES string of the molecule is COc1cc2c(cc1OC)CN(C(=O)C1CC(C)NN1)CC2. The second-order valence-electron chi connectivity index (χ2n) is 5.96. The van der Waals surface area contributed by atoms with E-state index in [0.717, 1.165) is 30.7 Å². The number of rotatable bonds is 3. The topological polar surface area (TPSA) is 62.8 Å². The van der Waals surface area contributed by atoms with Crippen molar-refractivity contribution in [3.05, 3.63) is 23.3 Å². The number of nitrogens with zero attached hydrogens (tertiary/aromatic N) is 1. The van der Waals surface area contributed by atoms with Crippen LogP contribution in [0, 0.1) is 0 Å². The molecule has 2 heterocycles. The molecule has 0 aromatic heterocycles. The Balaban J connectivity index is 1.77. The minimum atomic E-state index is -0.128. The van der Waals surface area contributed by atoms with Crippen molar-refractivity contribution in [3.63, 3.8) is 0 Å². The average molecular weight is 305 g/mol. The van der Waals surface area contributed by atoms with E-state index in [9.17, 15) is 4.79 Å². The summed E-state index contributed by atoms with van der Waals surface area (Å²) in [4.78, 5) is 14.5. The van der Waals surface area contributed by atoms with Crippen molar-refractivity contribution in [1.29, 1.82) is 0 Å². The van der Waals surface area contributed by atoms with Gasteiger partial charge in [-0.1, -0.05) is 0 Å². The number of nitrogens with one attached hydrogen (secondary N) is 2. The molecule has 1 saturated heterocycles. The number of hydrazine groups is 1. The second-order valence-corrected chi connectivity index (χ2v) is 5.96. The minimum Gasteiger partial charge on any atom is -0.493 e. The quantitative estimate of drug-likeness (QED) is 0.866. The van der Waals surface area contributed by atoms with E-state index in [1.54, 1.807) is 14.2 Å². The highest BCUT2D eigenvalue weighted by Gasteiger charge is 2.32. The zero-order valence-electron chi connectivity index (χ0n) is 13.3. The number of hydrogen-bond acceptors (Lipinski definition) is 5. The van der Waals surface area contributed by atoms with Crippen LogP contribution in [0.1, 0.15) is 24.5 Å². The molecule has 1 fully saturated rings. The van der Waals surface area contributed by atoms with Gasteiger partial charge in [0.25, 0.3) is 0 Å². The predicted octanol–water partition coefficient (Wildman–Crippen LogP) is 0.843. The number of ether oxygens (including phenoxy) is 2. The molecule has 0 bridgehead atoms. The van der Waals surface area contributed by atoms with E-state index in [1.807, 2.05) is 17.0 Å². The highest BCUT2D eigenvalue weighted by Crippen LogP contribution is 2.33. The van der Waals surface area contributed by atoms with Crippen molar-refractivity contribution in [2.24, 2.45) is 0 Å². The first kappa shape index (κ1) is 15.1. The molecule has 2 N–H and O–H groups in total. The summed E-state index contributed by atoms with van der Waals surface area (Å²) in [7, 11) is 3.27. The van der Waals surface area contributed by atoms with Crippen LogP contribution in [0.4, 0.5) is 0 Å². The van der Waals surface area contributed by atoms with Gasteiger partial charge in [0.05, 0.1) is 14.2 Å². The number of benzene rings is 1. The van der Waals surface area contributed by atoms with E-state index < -0.39 is 0 Å². The second kappa shape index (κ2) is 6.14. The Morgan fingerprint density at radius 3 is 2.45 bits per heavy atom. The molecule has 2 aliphatic rings. The van der Waals surface area contributed by atoms with Gasteiger partial charge < -0.3 is 14.4 Å². The van der Waals surface area contributed by atoms with Crippen LogP contribution in [-0.4, -0.2) is 43.7 Å². The molecular weight excluding hydrogens is 282 g/mol.